The van der Waals surface area contributed by atoms with Gasteiger partial charge >= 0.3 is 0 Å². The van der Waals surface area contributed by atoms with E-state index in [0.717, 1.165) is 22.2 Å². The Balaban J connectivity index is 1.90. The van der Waals surface area contributed by atoms with E-state index in [1.54, 1.807) is 6.07 Å². The molecule has 0 N–H and O–H groups in total. The lowest BCUT2D eigenvalue weighted by Crippen LogP contribution is -1.87. The number of rotatable bonds is 3. The molecule has 1 heterocycles. The average Bonchev–Trinajstić information content (AvgIpc) is 2.53. The second-order valence-corrected chi connectivity index (χ2v) is 4.61. The summed E-state index contributed by atoms with van der Waals surface area (Å²) in [4.78, 5) is 14.9. The molecule has 0 aliphatic rings. The summed E-state index contributed by atoms with van der Waals surface area (Å²) in [6.45, 7) is 0. The van der Waals surface area contributed by atoms with Crippen LogP contribution < -0.4 is 0 Å². The summed E-state index contributed by atoms with van der Waals surface area (Å²) in [7, 11) is 0. The quantitative estimate of drug-likeness (QED) is 0.529. The number of benzene rings is 2. The van der Waals surface area contributed by atoms with Crippen LogP contribution in [0.25, 0.3) is 23.1 Å². The maximum Gasteiger partial charge on any atom is 0.270 e. The fraction of sp³-hybridized carbons (Fsp3) is 0. The third kappa shape index (κ3) is 2.95. The highest BCUT2D eigenvalue weighted by Crippen LogP contribution is 2.16. The number of non-ortho nitro benzene ring substituents is 1. The molecule has 4 nitrogen and oxygen atoms in total. The van der Waals surface area contributed by atoms with Crippen molar-refractivity contribution < 1.29 is 4.92 Å². The van der Waals surface area contributed by atoms with E-state index in [0.29, 0.717) is 0 Å². The molecule has 0 amide bonds. The zero-order valence-electron chi connectivity index (χ0n) is 11.1. The van der Waals surface area contributed by atoms with Crippen LogP contribution in [0.3, 0.4) is 0 Å². The van der Waals surface area contributed by atoms with Gasteiger partial charge in [0.1, 0.15) is 0 Å². The van der Waals surface area contributed by atoms with Gasteiger partial charge in [0.25, 0.3) is 5.69 Å². The molecule has 3 rings (SSSR count). The van der Waals surface area contributed by atoms with Crippen molar-refractivity contribution in [2.45, 2.75) is 0 Å². The van der Waals surface area contributed by atoms with Gasteiger partial charge in [-0.2, -0.15) is 0 Å². The molecule has 0 atom stereocenters. The first kappa shape index (κ1) is 13.0. The van der Waals surface area contributed by atoms with Crippen LogP contribution in [0.2, 0.25) is 0 Å². The van der Waals surface area contributed by atoms with Crippen molar-refractivity contribution in [3.63, 3.8) is 0 Å². The predicted octanol–water partition coefficient (Wildman–Crippen LogP) is 4.31. The molecule has 21 heavy (non-hydrogen) atoms. The maximum atomic E-state index is 10.7. The van der Waals surface area contributed by atoms with Gasteiger partial charge in [-0.1, -0.05) is 42.5 Å². The van der Waals surface area contributed by atoms with Gasteiger partial charge in [-0.3, -0.25) is 10.1 Å². The van der Waals surface area contributed by atoms with Gasteiger partial charge in [0.2, 0.25) is 0 Å². The minimum absolute atomic E-state index is 0.0867. The third-order valence-corrected chi connectivity index (χ3v) is 3.15. The SMILES string of the molecule is O=[N+]([O-])c1cccc(/C=C\c2ccc3ccccc3n2)c1. The van der Waals surface area contributed by atoms with Crippen molar-refractivity contribution in [2.75, 3.05) is 0 Å². The molecule has 0 bridgehead atoms. The summed E-state index contributed by atoms with van der Waals surface area (Å²) >= 11 is 0. The fourth-order valence-corrected chi connectivity index (χ4v) is 2.10. The number of nitrogens with zero attached hydrogens (tertiary/aromatic N) is 2. The zero-order chi connectivity index (χ0) is 14.7. The van der Waals surface area contributed by atoms with E-state index in [2.05, 4.69) is 4.98 Å². The number of aromatic nitrogens is 1. The molecule has 3 aromatic rings. The van der Waals surface area contributed by atoms with Crippen LogP contribution in [-0.4, -0.2) is 9.91 Å². The molecule has 0 aliphatic carbocycles. The summed E-state index contributed by atoms with van der Waals surface area (Å²) in [6.07, 6.45) is 3.68. The minimum atomic E-state index is -0.397. The number of nitro benzene ring substituents is 1. The van der Waals surface area contributed by atoms with Crippen molar-refractivity contribution in [3.05, 3.63) is 82.0 Å². The van der Waals surface area contributed by atoms with Gasteiger partial charge in [0.05, 0.1) is 16.1 Å². The summed E-state index contributed by atoms with van der Waals surface area (Å²) < 4.78 is 0. The van der Waals surface area contributed by atoms with E-state index in [9.17, 15) is 10.1 Å². The molecule has 0 saturated heterocycles. The summed E-state index contributed by atoms with van der Waals surface area (Å²) in [5.74, 6) is 0. The highest BCUT2D eigenvalue weighted by molar-refractivity contribution is 5.80. The van der Waals surface area contributed by atoms with Crippen LogP contribution in [0.5, 0.6) is 0 Å². The first-order valence-corrected chi connectivity index (χ1v) is 6.51. The number of fused-ring (bicyclic) bond motifs is 1. The lowest BCUT2D eigenvalue weighted by Gasteiger charge is -1.98. The van der Waals surface area contributed by atoms with Crippen LogP contribution in [0.4, 0.5) is 5.69 Å². The van der Waals surface area contributed by atoms with Crippen LogP contribution in [0.1, 0.15) is 11.3 Å². The summed E-state index contributed by atoms with van der Waals surface area (Å²) in [5, 5.41) is 11.8. The molecule has 102 valence electrons. The maximum absolute atomic E-state index is 10.7. The van der Waals surface area contributed by atoms with Crippen molar-refractivity contribution in [2.24, 2.45) is 0 Å². The van der Waals surface area contributed by atoms with E-state index in [-0.39, 0.29) is 5.69 Å². The Morgan fingerprint density at radius 2 is 1.81 bits per heavy atom. The van der Waals surface area contributed by atoms with E-state index < -0.39 is 4.92 Å². The molecule has 0 spiro atoms. The second-order valence-electron chi connectivity index (χ2n) is 4.61. The number of nitro groups is 1. The molecule has 4 heteroatoms. The number of hydrogen-bond acceptors (Lipinski definition) is 3. The molecule has 0 unspecified atom stereocenters. The summed E-state index contributed by atoms with van der Waals surface area (Å²) in [6, 6.07) is 18.3. The largest absolute Gasteiger partial charge is 0.270 e. The van der Waals surface area contributed by atoms with E-state index in [4.69, 9.17) is 0 Å². The van der Waals surface area contributed by atoms with Crippen LogP contribution in [0.15, 0.2) is 60.7 Å². The molecule has 1 aromatic heterocycles. The second kappa shape index (κ2) is 5.54. The van der Waals surface area contributed by atoms with Crippen molar-refractivity contribution >= 4 is 28.7 Å². The topological polar surface area (TPSA) is 56.0 Å². The Morgan fingerprint density at radius 3 is 2.67 bits per heavy atom. The minimum Gasteiger partial charge on any atom is -0.258 e. The number of pyridine rings is 1. The van der Waals surface area contributed by atoms with E-state index >= 15 is 0 Å². The molecule has 0 aliphatic heterocycles. The summed E-state index contributed by atoms with van der Waals surface area (Å²) in [5.41, 5.74) is 2.61. The van der Waals surface area contributed by atoms with Gasteiger partial charge in [-0.15, -0.1) is 0 Å². The Morgan fingerprint density at radius 1 is 0.952 bits per heavy atom. The smallest absolute Gasteiger partial charge is 0.258 e. The molecular formula is C17H12N2O2. The Bertz CT molecular complexity index is 841. The lowest BCUT2D eigenvalue weighted by molar-refractivity contribution is -0.384. The highest BCUT2D eigenvalue weighted by Gasteiger charge is 2.03. The van der Waals surface area contributed by atoms with Crippen molar-refractivity contribution in [3.8, 4) is 0 Å². The molecule has 0 fully saturated rings. The highest BCUT2D eigenvalue weighted by atomic mass is 16.6. The van der Waals surface area contributed by atoms with Gasteiger partial charge in [-0.05, 0) is 23.8 Å². The van der Waals surface area contributed by atoms with Crippen molar-refractivity contribution in [1.82, 2.24) is 4.98 Å². The molecular weight excluding hydrogens is 264 g/mol. The number of hydrogen-bond donors (Lipinski definition) is 0. The van der Waals surface area contributed by atoms with Gasteiger partial charge in [-0.25, -0.2) is 4.98 Å². The van der Waals surface area contributed by atoms with Gasteiger partial charge in [0.15, 0.2) is 0 Å². The van der Waals surface area contributed by atoms with Gasteiger partial charge < -0.3 is 0 Å². The monoisotopic (exact) mass is 276 g/mol. The molecule has 0 radical (unpaired) electrons. The Labute approximate surface area is 121 Å². The lowest BCUT2D eigenvalue weighted by atomic mass is 10.1. The van der Waals surface area contributed by atoms with Gasteiger partial charge in [0, 0.05) is 17.5 Å². The predicted molar refractivity (Wildman–Crippen MR) is 83.8 cm³/mol. The molecule has 2 aromatic carbocycles. The average molecular weight is 276 g/mol. The van der Waals surface area contributed by atoms with E-state index in [1.807, 2.05) is 54.6 Å². The third-order valence-electron chi connectivity index (χ3n) is 3.15. The standard InChI is InChI=1S/C17H12N2O2/c20-19(21)16-6-3-4-13(12-16)8-10-15-11-9-14-5-1-2-7-17(14)18-15/h1-12H/b10-8-. The van der Waals surface area contributed by atoms with Crippen LogP contribution in [-0.2, 0) is 0 Å². The van der Waals surface area contributed by atoms with Crippen LogP contribution in [0, 0.1) is 10.1 Å². The first-order chi connectivity index (χ1) is 10.2. The zero-order valence-corrected chi connectivity index (χ0v) is 11.1. The Kier molecular flexibility index (Phi) is 3.43. The Hall–Kier alpha value is -3.01. The molecule has 0 saturated carbocycles. The normalized spacial score (nSPS) is 11.0. The van der Waals surface area contributed by atoms with Crippen molar-refractivity contribution in [1.29, 1.82) is 0 Å². The van der Waals surface area contributed by atoms with E-state index in [1.165, 1.54) is 12.1 Å². The first-order valence-electron chi connectivity index (χ1n) is 6.51. The van der Waals surface area contributed by atoms with Crippen LogP contribution >= 0.6 is 0 Å². The fourth-order valence-electron chi connectivity index (χ4n) is 2.10. The number of para-hydroxylation sites is 1.